The second-order valence-electron chi connectivity index (χ2n) is 3.61. The molecule has 1 aromatic carbocycles. The Hall–Kier alpha value is -1.57. The minimum absolute atomic E-state index is 0.00720. The molecule has 0 amide bonds. The molecular formula is C11H9BrF3NO3. The molecule has 0 saturated carbocycles. The first-order chi connectivity index (χ1) is 8.66. The van der Waals surface area contributed by atoms with Crippen LogP contribution in [0.5, 0.6) is 5.75 Å². The van der Waals surface area contributed by atoms with E-state index in [0.717, 1.165) is 18.2 Å². The fourth-order valence-corrected chi connectivity index (χ4v) is 1.90. The number of allylic oxidation sites excluding steroid dienone is 1. The van der Waals surface area contributed by atoms with Gasteiger partial charge in [-0.05, 0) is 12.1 Å². The van der Waals surface area contributed by atoms with Crippen molar-refractivity contribution >= 4 is 22.0 Å². The monoisotopic (exact) mass is 339 g/mol. The van der Waals surface area contributed by atoms with Crippen molar-refractivity contribution < 1.29 is 22.8 Å². The number of nitro groups is 1. The molecule has 1 rings (SSSR count). The molecule has 0 aliphatic carbocycles. The predicted octanol–water partition coefficient (Wildman–Crippen LogP) is 4.11. The maximum Gasteiger partial charge on any atom is 0.417 e. The fraction of sp³-hybridized carbons (Fsp3) is 0.273. The Morgan fingerprint density at radius 1 is 1.47 bits per heavy atom. The van der Waals surface area contributed by atoms with Gasteiger partial charge >= 0.3 is 6.18 Å². The minimum Gasteiger partial charge on any atom is -0.496 e. The van der Waals surface area contributed by atoms with E-state index in [4.69, 9.17) is 4.74 Å². The van der Waals surface area contributed by atoms with E-state index in [2.05, 4.69) is 15.9 Å². The predicted molar refractivity (Wildman–Crippen MR) is 66.3 cm³/mol. The molecular weight excluding hydrogens is 331 g/mol. The number of methoxy groups -OCH3 is 1. The van der Waals surface area contributed by atoms with Crippen LogP contribution < -0.4 is 4.74 Å². The summed E-state index contributed by atoms with van der Waals surface area (Å²) in [5.41, 5.74) is -1.21. The molecule has 4 nitrogen and oxygen atoms in total. The van der Waals surface area contributed by atoms with Gasteiger partial charge in [-0.25, -0.2) is 0 Å². The van der Waals surface area contributed by atoms with Crippen LogP contribution in [0.4, 0.5) is 13.2 Å². The zero-order chi connectivity index (χ0) is 14.8. The van der Waals surface area contributed by atoms with Crippen LogP contribution >= 0.6 is 15.9 Å². The highest BCUT2D eigenvalue weighted by Crippen LogP contribution is 2.39. The summed E-state index contributed by atoms with van der Waals surface area (Å²) >= 11 is 2.80. The highest BCUT2D eigenvalue weighted by Gasteiger charge is 2.34. The molecule has 0 atom stereocenters. The highest BCUT2D eigenvalue weighted by molar-refractivity contribution is 9.10. The van der Waals surface area contributed by atoms with E-state index in [1.165, 1.54) is 14.0 Å². The zero-order valence-electron chi connectivity index (χ0n) is 9.92. The maximum absolute atomic E-state index is 12.7. The second kappa shape index (κ2) is 5.60. The molecule has 0 aliphatic heterocycles. The lowest BCUT2D eigenvalue weighted by atomic mass is 10.1. The van der Waals surface area contributed by atoms with E-state index in [9.17, 15) is 23.3 Å². The molecule has 0 fully saturated rings. The Balaban J connectivity index is 3.46. The normalized spacial score (nSPS) is 12.4. The molecule has 8 heteroatoms. The fourth-order valence-electron chi connectivity index (χ4n) is 1.36. The van der Waals surface area contributed by atoms with Crippen LogP contribution in [0.15, 0.2) is 22.3 Å². The quantitative estimate of drug-likeness (QED) is 0.615. The van der Waals surface area contributed by atoms with Crippen molar-refractivity contribution in [3.63, 3.8) is 0 Å². The number of nitrogens with zero attached hydrogens (tertiary/aromatic N) is 1. The molecule has 0 radical (unpaired) electrons. The summed E-state index contributed by atoms with van der Waals surface area (Å²) in [5, 5.41) is 10.5. The lowest BCUT2D eigenvalue weighted by Gasteiger charge is -2.13. The minimum atomic E-state index is -4.56. The molecule has 0 unspecified atom stereocenters. The molecule has 0 aliphatic rings. The number of hydrogen-bond acceptors (Lipinski definition) is 3. The smallest absolute Gasteiger partial charge is 0.417 e. The zero-order valence-corrected chi connectivity index (χ0v) is 11.5. The number of hydrogen-bond donors (Lipinski definition) is 0. The third kappa shape index (κ3) is 3.69. The molecule has 0 heterocycles. The molecule has 0 bridgehead atoms. The Labute approximate surface area is 115 Å². The lowest BCUT2D eigenvalue weighted by molar-refractivity contribution is -0.422. The van der Waals surface area contributed by atoms with Crippen molar-refractivity contribution in [3.8, 4) is 5.75 Å². The summed E-state index contributed by atoms with van der Waals surface area (Å²) in [5.74, 6) is 0.112. The first kappa shape index (κ1) is 15.5. The Bertz CT molecular complexity index is 541. The largest absolute Gasteiger partial charge is 0.496 e. The number of halogens is 4. The van der Waals surface area contributed by atoms with Crippen molar-refractivity contribution in [1.29, 1.82) is 0 Å². The Morgan fingerprint density at radius 2 is 2.05 bits per heavy atom. The number of benzene rings is 1. The molecule has 0 N–H and O–H groups in total. The van der Waals surface area contributed by atoms with Crippen molar-refractivity contribution in [3.05, 3.63) is 43.5 Å². The third-order valence-corrected chi connectivity index (χ3v) is 2.93. The van der Waals surface area contributed by atoms with Crippen LogP contribution in [0.2, 0.25) is 0 Å². The Morgan fingerprint density at radius 3 is 2.47 bits per heavy atom. The summed E-state index contributed by atoms with van der Waals surface area (Å²) in [4.78, 5) is 9.83. The van der Waals surface area contributed by atoms with Crippen LogP contribution in [0.3, 0.4) is 0 Å². The van der Waals surface area contributed by atoms with Crippen LogP contribution in [-0.4, -0.2) is 12.0 Å². The van der Waals surface area contributed by atoms with Crippen LogP contribution in [-0.2, 0) is 6.18 Å². The standard InChI is InChI=1S/C11H9BrF3NO3/c1-6(16(17)18)3-7-4-8(11(13,14)15)9(12)5-10(7)19-2/h3-5H,1-2H3/b6-3+. The highest BCUT2D eigenvalue weighted by atomic mass is 79.9. The third-order valence-electron chi connectivity index (χ3n) is 2.28. The molecule has 104 valence electrons. The van der Waals surface area contributed by atoms with Crippen LogP contribution in [0.25, 0.3) is 6.08 Å². The number of ether oxygens (including phenoxy) is 1. The van der Waals surface area contributed by atoms with Gasteiger partial charge in [0.25, 0.3) is 0 Å². The second-order valence-corrected chi connectivity index (χ2v) is 4.47. The SMILES string of the molecule is COc1cc(Br)c(C(F)(F)F)cc1/C=C(\C)[N+](=O)[O-]. The van der Waals surface area contributed by atoms with E-state index >= 15 is 0 Å². The topological polar surface area (TPSA) is 52.4 Å². The molecule has 0 aromatic heterocycles. The van der Waals surface area contributed by atoms with E-state index in [1.54, 1.807) is 0 Å². The summed E-state index contributed by atoms with van der Waals surface area (Å²) in [6, 6.07) is 1.93. The van der Waals surface area contributed by atoms with Crippen molar-refractivity contribution in [2.75, 3.05) is 7.11 Å². The van der Waals surface area contributed by atoms with Gasteiger partial charge in [0, 0.05) is 23.0 Å². The summed E-state index contributed by atoms with van der Waals surface area (Å²) in [6.45, 7) is 1.19. The number of alkyl halides is 3. The Kier molecular flexibility index (Phi) is 4.56. The van der Waals surface area contributed by atoms with Gasteiger partial charge in [-0.15, -0.1) is 0 Å². The molecule has 1 aromatic rings. The first-order valence-corrected chi connectivity index (χ1v) is 5.73. The van der Waals surface area contributed by atoms with Crippen molar-refractivity contribution in [2.45, 2.75) is 13.1 Å². The molecule has 0 saturated heterocycles. The average molecular weight is 340 g/mol. The van der Waals surface area contributed by atoms with Crippen LogP contribution in [0, 0.1) is 10.1 Å². The van der Waals surface area contributed by atoms with E-state index in [-0.39, 0.29) is 21.5 Å². The summed E-state index contributed by atoms with van der Waals surface area (Å²) in [6.07, 6.45) is -3.53. The lowest BCUT2D eigenvalue weighted by Crippen LogP contribution is -2.07. The van der Waals surface area contributed by atoms with Gasteiger partial charge in [0.05, 0.1) is 17.6 Å². The van der Waals surface area contributed by atoms with Gasteiger partial charge in [0.15, 0.2) is 0 Å². The summed E-state index contributed by atoms with van der Waals surface area (Å²) in [7, 11) is 1.27. The average Bonchev–Trinajstić information content (AvgIpc) is 2.29. The van der Waals surface area contributed by atoms with Gasteiger partial charge in [-0.2, -0.15) is 13.2 Å². The summed E-state index contributed by atoms with van der Waals surface area (Å²) < 4.78 is 42.9. The van der Waals surface area contributed by atoms with Gasteiger partial charge in [0.1, 0.15) is 5.75 Å². The van der Waals surface area contributed by atoms with Gasteiger partial charge < -0.3 is 4.74 Å². The first-order valence-electron chi connectivity index (χ1n) is 4.94. The molecule has 0 spiro atoms. The van der Waals surface area contributed by atoms with Crippen molar-refractivity contribution in [1.82, 2.24) is 0 Å². The van der Waals surface area contributed by atoms with E-state index in [1.807, 2.05) is 0 Å². The van der Waals surface area contributed by atoms with Gasteiger partial charge in [-0.3, -0.25) is 10.1 Å². The van der Waals surface area contributed by atoms with Gasteiger partial charge in [-0.1, -0.05) is 15.9 Å². The van der Waals surface area contributed by atoms with Gasteiger partial charge in [0.2, 0.25) is 5.70 Å². The van der Waals surface area contributed by atoms with E-state index in [0.29, 0.717) is 0 Å². The maximum atomic E-state index is 12.7. The van der Waals surface area contributed by atoms with E-state index < -0.39 is 16.7 Å². The van der Waals surface area contributed by atoms with Crippen LogP contribution in [0.1, 0.15) is 18.1 Å². The number of rotatable bonds is 3. The van der Waals surface area contributed by atoms with Crippen molar-refractivity contribution in [2.24, 2.45) is 0 Å². The molecule has 19 heavy (non-hydrogen) atoms.